The van der Waals surface area contributed by atoms with Crippen LogP contribution >= 0.6 is 15.9 Å². The normalized spacial score (nSPS) is 12.2. The Kier molecular flexibility index (Phi) is 3.32. The molecular weight excluding hydrogens is 238 g/mol. The Balaban J connectivity index is 2.83. The van der Waals surface area contributed by atoms with E-state index in [2.05, 4.69) is 30.6 Å². The molecule has 0 radical (unpaired) electrons. The van der Waals surface area contributed by atoms with Gasteiger partial charge in [-0.15, -0.1) is 0 Å². The third-order valence-corrected chi connectivity index (χ3v) is 1.78. The molecule has 0 aliphatic carbocycles. The number of methoxy groups -OCH3 is 1. The summed E-state index contributed by atoms with van der Waals surface area (Å²) >= 11 is 3.17. The second-order valence-electron chi connectivity index (χ2n) is 2.26. The van der Waals surface area contributed by atoms with Crippen LogP contribution in [-0.2, 0) is 9.53 Å². The molecule has 0 saturated heterocycles. The highest BCUT2D eigenvalue weighted by molar-refractivity contribution is 9.10. The molecule has 13 heavy (non-hydrogen) atoms. The van der Waals surface area contributed by atoms with E-state index in [4.69, 9.17) is 5.73 Å². The van der Waals surface area contributed by atoms with Crippen molar-refractivity contribution >= 4 is 21.9 Å². The SMILES string of the molecule is COC(=O)C(N)c1ncc(Br)cn1. The van der Waals surface area contributed by atoms with Gasteiger partial charge in [-0.05, 0) is 15.9 Å². The summed E-state index contributed by atoms with van der Waals surface area (Å²) in [5.74, 6) is -0.308. The fourth-order valence-electron chi connectivity index (χ4n) is 0.715. The molecule has 1 aromatic rings. The summed E-state index contributed by atoms with van der Waals surface area (Å²) in [6, 6.07) is -0.918. The largest absolute Gasteiger partial charge is 0.468 e. The molecule has 1 rings (SSSR count). The zero-order valence-electron chi connectivity index (χ0n) is 6.90. The Hall–Kier alpha value is -1.01. The molecule has 1 unspecified atom stereocenters. The Morgan fingerprint density at radius 1 is 1.62 bits per heavy atom. The number of rotatable bonds is 2. The van der Waals surface area contributed by atoms with Gasteiger partial charge in [-0.1, -0.05) is 0 Å². The summed E-state index contributed by atoms with van der Waals surface area (Å²) in [6.45, 7) is 0. The molecule has 5 nitrogen and oxygen atoms in total. The molecular formula is C7H8BrN3O2. The molecule has 1 aromatic heterocycles. The maximum absolute atomic E-state index is 11.0. The lowest BCUT2D eigenvalue weighted by Gasteiger charge is -2.06. The van der Waals surface area contributed by atoms with Crippen LogP contribution in [0.3, 0.4) is 0 Å². The first-order chi connectivity index (χ1) is 6.15. The topological polar surface area (TPSA) is 78.1 Å². The van der Waals surface area contributed by atoms with Gasteiger partial charge in [-0.2, -0.15) is 0 Å². The Bertz CT molecular complexity index is 301. The van der Waals surface area contributed by atoms with Crippen molar-refractivity contribution in [3.63, 3.8) is 0 Å². The predicted molar refractivity (Wildman–Crippen MR) is 48.7 cm³/mol. The lowest BCUT2D eigenvalue weighted by Crippen LogP contribution is -2.24. The second kappa shape index (κ2) is 4.29. The van der Waals surface area contributed by atoms with Gasteiger partial charge in [0.2, 0.25) is 0 Å². The quantitative estimate of drug-likeness (QED) is 0.764. The number of carbonyl (C=O) groups excluding carboxylic acids is 1. The first-order valence-electron chi connectivity index (χ1n) is 3.46. The van der Waals surface area contributed by atoms with Gasteiger partial charge in [0.25, 0.3) is 0 Å². The maximum atomic E-state index is 11.0. The van der Waals surface area contributed by atoms with Crippen LogP contribution in [0.2, 0.25) is 0 Å². The minimum atomic E-state index is -0.918. The smallest absolute Gasteiger partial charge is 0.330 e. The number of hydrogen-bond acceptors (Lipinski definition) is 5. The molecule has 6 heteroatoms. The first kappa shape index (κ1) is 10.1. The first-order valence-corrected chi connectivity index (χ1v) is 4.25. The Morgan fingerprint density at radius 2 is 2.15 bits per heavy atom. The summed E-state index contributed by atoms with van der Waals surface area (Å²) in [5.41, 5.74) is 5.48. The van der Waals surface area contributed by atoms with Crippen molar-refractivity contribution in [2.75, 3.05) is 7.11 Å². The van der Waals surface area contributed by atoms with Crippen LogP contribution in [0.25, 0.3) is 0 Å². The van der Waals surface area contributed by atoms with Gasteiger partial charge < -0.3 is 10.5 Å². The van der Waals surface area contributed by atoms with Crippen molar-refractivity contribution in [2.24, 2.45) is 5.73 Å². The summed E-state index contributed by atoms with van der Waals surface area (Å²) in [7, 11) is 1.26. The molecule has 1 heterocycles. The lowest BCUT2D eigenvalue weighted by molar-refractivity contribution is -0.142. The van der Waals surface area contributed by atoms with E-state index in [0.29, 0.717) is 0 Å². The number of nitrogens with zero attached hydrogens (tertiary/aromatic N) is 2. The van der Waals surface area contributed by atoms with E-state index >= 15 is 0 Å². The molecule has 0 aliphatic rings. The van der Waals surface area contributed by atoms with Crippen LogP contribution < -0.4 is 5.73 Å². The van der Waals surface area contributed by atoms with Crippen LogP contribution in [0.15, 0.2) is 16.9 Å². The van der Waals surface area contributed by atoms with E-state index in [1.54, 1.807) is 0 Å². The van der Waals surface area contributed by atoms with Crippen molar-refractivity contribution in [3.05, 3.63) is 22.7 Å². The number of hydrogen-bond donors (Lipinski definition) is 1. The Labute approximate surface area is 83.4 Å². The van der Waals surface area contributed by atoms with Crippen LogP contribution in [0.1, 0.15) is 11.9 Å². The summed E-state index contributed by atoms with van der Waals surface area (Å²) < 4.78 is 5.17. The number of carbonyl (C=O) groups is 1. The fourth-order valence-corrected chi connectivity index (χ4v) is 0.920. The lowest BCUT2D eigenvalue weighted by atomic mass is 10.3. The molecule has 2 N–H and O–H groups in total. The van der Waals surface area contributed by atoms with Crippen LogP contribution in [0, 0.1) is 0 Å². The molecule has 70 valence electrons. The van der Waals surface area contributed by atoms with Crippen LogP contribution in [-0.4, -0.2) is 23.0 Å². The van der Waals surface area contributed by atoms with E-state index in [1.807, 2.05) is 0 Å². The van der Waals surface area contributed by atoms with E-state index < -0.39 is 12.0 Å². The molecule has 0 bridgehead atoms. The van der Waals surface area contributed by atoms with Crippen LogP contribution in [0.5, 0.6) is 0 Å². The zero-order chi connectivity index (χ0) is 9.84. The minimum absolute atomic E-state index is 0.245. The van der Waals surface area contributed by atoms with Gasteiger partial charge in [-0.3, -0.25) is 0 Å². The van der Waals surface area contributed by atoms with Crippen LogP contribution in [0.4, 0.5) is 0 Å². The van der Waals surface area contributed by atoms with Crippen molar-refractivity contribution in [1.82, 2.24) is 9.97 Å². The summed E-state index contributed by atoms with van der Waals surface area (Å²) in [4.78, 5) is 18.7. The molecule has 0 amide bonds. The van der Waals surface area contributed by atoms with Crippen molar-refractivity contribution in [2.45, 2.75) is 6.04 Å². The maximum Gasteiger partial charge on any atom is 0.330 e. The molecule has 0 fully saturated rings. The number of esters is 1. The number of aromatic nitrogens is 2. The van der Waals surface area contributed by atoms with Gasteiger partial charge >= 0.3 is 5.97 Å². The summed E-state index contributed by atoms with van der Waals surface area (Å²) in [5, 5.41) is 0. The standard InChI is InChI=1S/C7H8BrN3O2/c1-13-7(12)5(9)6-10-2-4(8)3-11-6/h2-3,5H,9H2,1H3. The van der Waals surface area contributed by atoms with Gasteiger partial charge in [0.05, 0.1) is 11.6 Å². The third-order valence-electron chi connectivity index (χ3n) is 1.37. The number of ether oxygens (including phenoxy) is 1. The molecule has 0 aromatic carbocycles. The predicted octanol–water partition coefficient (Wildman–Crippen LogP) is 0.412. The van der Waals surface area contributed by atoms with Gasteiger partial charge in [0, 0.05) is 12.4 Å². The molecule has 0 saturated carbocycles. The third kappa shape index (κ3) is 2.46. The molecule has 0 aliphatic heterocycles. The van der Waals surface area contributed by atoms with E-state index in [0.717, 1.165) is 4.47 Å². The van der Waals surface area contributed by atoms with E-state index in [-0.39, 0.29) is 5.82 Å². The molecule has 0 spiro atoms. The monoisotopic (exact) mass is 245 g/mol. The fraction of sp³-hybridized carbons (Fsp3) is 0.286. The zero-order valence-corrected chi connectivity index (χ0v) is 8.48. The van der Waals surface area contributed by atoms with E-state index in [9.17, 15) is 4.79 Å². The van der Waals surface area contributed by atoms with Crippen molar-refractivity contribution in [1.29, 1.82) is 0 Å². The highest BCUT2D eigenvalue weighted by Gasteiger charge is 2.18. The number of halogens is 1. The van der Waals surface area contributed by atoms with Crippen molar-refractivity contribution < 1.29 is 9.53 Å². The van der Waals surface area contributed by atoms with Gasteiger partial charge in [-0.25, -0.2) is 14.8 Å². The highest BCUT2D eigenvalue weighted by Crippen LogP contribution is 2.09. The highest BCUT2D eigenvalue weighted by atomic mass is 79.9. The Morgan fingerprint density at radius 3 is 2.62 bits per heavy atom. The average molecular weight is 246 g/mol. The van der Waals surface area contributed by atoms with Gasteiger partial charge in [0.15, 0.2) is 11.9 Å². The molecule has 1 atom stereocenters. The minimum Gasteiger partial charge on any atom is -0.468 e. The van der Waals surface area contributed by atoms with Crippen molar-refractivity contribution in [3.8, 4) is 0 Å². The summed E-state index contributed by atoms with van der Waals surface area (Å²) in [6.07, 6.45) is 3.04. The second-order valence-corrected chi connectivity index (χ2v) is 3.18. The average Bonchev–Trinajstić information content (AvgIpc) is 2.17. The van der Waals surface area contributed by atoms with Gasteiger partial charge in [0.1, 0.15) is 0 Å². The number of nitrogens with two attached hydrogens (primary N) is 1. The van der Waals surface area contributed by atoms with E-state index in [1.165, 1.54) is 19.5 Å².